The molecule has 0 bridgehead atoms. The van der Waals surface area contributed by atoms with Crippen molar-refractivity contribution in [3.8, 4) is 5.75 Å². The summed E-state index contributed by atoms with van der Waals surface area (Å²) in [5.41, 5.74) is 1.74. The van der Waals surface area contributed by atoms with E-state index in [1.165, 1.54) is 6.07 Å². The monoisotopic (exact) mass is 368 g/mol. The fourth-order valence-corrected chi connectivity index (χ4v) is 2.55. The molecule has 0 aliphatic heterocycles. The van der Waals surface area contributed by atoms with Gasteiger partial charge in [0.2, 0.25) is 0 Å². The van der Waals surface area contributed by atoms with Crippen LogP contribution in [0.1, 0.15) is 11.3 Å². The maximum atomic E-state index is 12.9. The molecule has 0 amide bonds. The van der Waals surface area contributed by atoms with E-state index in [-0.39, 0.29) is 12.4 Å². The van der Waals surface area contributed by atoms with Crippen molar-refractivity contribution in [1.29, 1.82) is 0 Å². The van der Waals surface area contributed by atoms with Gasteiger partial charge in [0.25, 0.3) is 0 Å². The predicted octanol–water partition coefficient (Wildman–Crippen LogP) is 5.74. The molecule has 3 aromatic rings. The van der Waals surface area contributed by atoms with E-state index < -0.39 is 11.7 Å². The van der Waals surface area contributed by atoms with Crippen LogP contribution in [0, 0.1) is 6.92 Å². The van der Waals surface area contributed by atoms with Gasteiger partial charge in [-0.25, -0.2) is 4.98 Å². The van der Waals surface area contributed by atoms with Crippen LogP contribution >= 0.6 is 12.4 Å². The molecule has 0 radical (unpaired) electrons. The Kier molecular flexibility index (Phi) is 5.42. The highest BCUT2D eigenvalue weighted by Crippen LogP contribution is 2.34. The molecule has 0 saturated carbocycles. The molecule has 7 heteroatoms. The lowest BCUT2D eigenvalue weighted by atomic mass is 10.1. The van der Waals surface area contributed by atoms with Crippen molar-refractivity contribution in [3.63, 3.8) is 0 Å². The van der Waals surface area contributed by atoms with E-state index in [0.717, 1.165) is 23.2 Å². The molecule has 0 saturated heterocycles. The van der Waals surface area contributed by atoms with E-state index in [4.69, 9.17) is 4.74 Å². The van der Waals surface area contributed by atoms with Gasteiger partial charge in [-0.05, 0) is 37.3 Å². The Balaban J connectivity index is 0.00000225. The zero-order chi connectivity index (χ0) is 17.3. The molecule has 1 aromatic heterocycles. The van der Waals surface area contributed by atoms with E-state index in [2.05, 4.69) is 10.3 Å². The number of nitrogens with one attached hydrogen (secondary N) is 1. The second kappa shape index (κ2) is 7.19. The average molecular weight is 369 g/mol. The first-order valence-corrected chi connectivity index (χ1v) is 7.27. The van der Waals surface area contributed by atoms with Crippen molar-refractivity contribution in [1.82, 2.24) is 4.98 Å². The number of pyridine rings is 1. The molecule has 0 atom stereocenters. The van der Waals surface area contributed by atoms with Crippen LogP contribution in [0.4, 0.5) is 24.5 Å². The van der Waals surface area contributed by atoms with Gasteiger partial charge in [0, 0.05) is 22.5 Å². The number of benzene rings is 2. The summed E-state index contributed by atoms with van der Waals surface area (Å²) in [6.07, 6.45) is -4.38. The van der Waals surface area contributed by atoms with Crippen LogP contribution in [-0.4, -0.2) is 12.1 Å². The standard InChI is InChI=1S/C18H15F3N2O.ClH/c1-11-9-15(14-7-4-8-16(24-2)17(14)22-11)23-13-6-3-5-12(10-13)18(19,20)21;/h3-10H,1-2H3,(H,22,23);1H. The Bertz CT molecular complexity index is 897. The zero-order valence-corrected chi connectivity index (χ0v) is 14.3. The number of alkyl halides is 3. The van der Waals surface area contributed by atoms with E-state index in [9.17, 15) is 13.2 Å². The minimum absolute atomic E-state index is 0. The smallest absolute Gasteiger partial charge is 0.416 e. The average Bonchev–Trinajstić information content (AvgIpc) is 2.53. The number of ether oxygens (including phenoxy) is 1. The number of hydrogen-bond donors (Lipinski definition) is 1. The molecule has 0 fully saturated rings. The van der Waals surface area contributed by atoms with Crippen LogP contribution in [0.3, 0.4) is 0 Å². The minimum atomic E-state index is -4.38. The lowest BCUT2D eigenvalue weighted by Crippen LogP contribution is -2.05. The van der Waals surface area contributed by atoms with Crippen molar-refractivity contribution in [2.75, 3.05) is 12.4 Å². The van der Waals surface area contributed by atoms with Crippen molar-refractivity contribution in [3.05, 3.63) is 59.8 Å². The van der Waals surface area contributed by atoms with Crippen LogP contribution < -0.4 is 10.1 Å². The van der Waals surface area contributed by atoms with Gasteiger partial charge >= 0.3 is 6.18 Å². The number of aryl methyl sites for hydroxylation is 1. The lowest BCUT2D eigenvalue weighted by molar-refractivity contribution is -0.137. The predicted molar refractivity (Wildman–Crippen MR) is 95.0 cm³/mol. The molecule has 0 spiro atoms. The van der Waals surface area contributed by atoms with E-state index >= 15 is 0 Å². The molecule has 3 nitrogen and oxygen atoms in total. The van der Waals surface area contributed by atoms with E-state index in [1.54, 1.807) is 25.3 Å². The van der Waals surface area contributed by atoms with Crippen LogP contribution in [0.25, 0.3) is 10.9 Å². The van der Waals surface area contributed by atoms with Crippen molar-refractivity contribution in [2.45, 2.75) is 13.1 Å². The number of para-hydroxylation sites is 1. The normalized spacial score (nSPS) is 11.1. The maximum Gasteiger partial charge on any atom is 0.416 e. The van der Waals surface area contributed by atoms with Gasteiger partial charge in [0.1, 0.15) is 11.3 Å². The molecule has 3 rings (SSSR count). The van der Waals surface area contributed by atoms with Gasteiger partial charge in [-0.15, -0.1) is 12.4 Å². The molecule has 0 aliphatic carbocycles. The van der Waals surface area contributed by atoms with Crippen molar-refractivity contribution < 1.29 is 17.9 Å². The summed E-state index contributed by atoms with van der Waals surface area (Å²) in [6.45, 7) is 1.82. The topological polar surface area (TPSA) is 34.1 Å². The number of aromatic nitrogens is 1. The highest BCUT2D eigenvalue weighted by molar-refractivity contribution is 5.96. The summed E-state index contributed by atoms with van der Waals surface area (Å²) in [5.74, 6) is 0.614. The molecule has 2 aromatic carbocycles. The SMILES string of the molecule is COc1cccc2c(Nc3cccc(C(F)(F)F)c3)cc(C)nc12.Cl. The molecule has 1 N–H and O–H groups in total. The number of rotatable bonds is 3. The highest BCUT2D eigenvalue weighted by atomic mass is 35.5. The number of halogens is 4. The summed E-state index contributed by atoms with van der Waals surface area (Å²) in [6, 6.07) is 12.4. The van der Waals surface area contributed by atoms with Crippen molar-refractivity contribution in [2.24, 2.45) is 0 Å². The van der Waals surface area contributed by atoms with Crippen LogP contribution in [0.2, 0.25) is 0 Å². The van der Waals surface area contributed by atoms with Crippen LogP contribution in [0.5, 0.6) is 5.75 Å². The summed E-state index contributed by atoms with van der Waals surface area (Å²) >= 11 is 0. The van der Waals surface area contributed by atoms with Gasteiger partial charge in [-0.3, -0.25) is 0 Å². The van der Waals surface area contributed by atoms with Gasteiger partial charge < -0.3 is 10.1 Å². The van der Waals surface area contributed by atoms with Crippen molar-refractivity contribution >= 4 is 34.7 Å². The fraction of sp³-hybridized carbons (Fsp3) is 0.167. The zero-order valence-electron chi connectivity index (χ0n) is 13.5. The molecule has 0 unspecified atom stereocenters. The second-order valence-electron chi connectivity index (χ2n) is 5.37. The second-order valence-corrected chi connectivity index (χ2v) is 5.37. The molecule has 132 valence electrons. The number of anilines is 2. The summed E-state index contributed by atoms with van der Waals surface area (Å²) in [7, 11) is 1.55. The van der Waals surface area contributed by atoms with Gasteiger partial charge in [0.15, 0.2) is 0 Å². The minimum Gasteiger partial charge on any atom is -0.494 e. The first kappa shape index (κ1) is 18.9. The summed E-state index contributed by atoms with van der Waals surface area (Å²) in [5, 5.41) is 3.83. The summed E-state index contributed by atoms with van der Waals surface area (Å²) < 4.78 is 43.9. The quantitative estimate of drug-likeness (QED) is 0.640. The number of hydrogen-bond acceptors (Lipinski definition) is 3. The Labute approximate surface area is 149 Å². The Morgan fingerprint density at radius 3 is 2.44 bits per heavy atom. The Hall–Kier alpha value is -2.47. The first-order chi connectivity index (χ1) is 11.4. The Morgan fingerprint density at radius 1 is 1.04 bits per heavy atom. The summed E-state index contributed by atoms with van der Waals surface area (Å²) in [4.78, 5) is 4.46. The largest absolute Gasteiger partial charge is 0.494 e. The molecular weight excluding hydrogens is 353 g/mol. The van der Waals surface area contributed by atoms with Crippen LogP contribution in [0.15, 0.2) is 48.5 Å². The Morgan fingerprint density at radius 2 is 1.76 bits per heavy atom. The number of fused-ring (bicyclic) bond motifs is 1. The fourth-order valence-electron chi connectivity index (χ4n) is 2.55. The highest BCUT2D eigenvalue weighted by Gasteiger charge is 2.30. The first-order valence-electron chi connectivity index (χ1n) is 7.27. The molecule has 1 heterocycles. The third kappa shape index (κ3) is 3.96. The number of methoxy groups -OCH3 is 1. The third-order valence-corrected chi connectivity index (χ3v) is 3.62. The maximum absolute atomic E-state index is 12.9. The third-order valence-electron chi connectivity index (χ3n) is 3.62. The van der Waals surface area contributed by atoms with E-state index in [0.29, 0.717) is 22.6 Å². The van der Waals surface area contributed by atoms with Gasteiger partial charge in [0.05, 0.1) is 12.7 Å². The molecular formula is C18H16ClF3N2O. The van der Waals surface area contributed by atoms with Gasteiger partial charge in [-0.1, -0.05) is 18.2 Å². The molecule has 0 aliphatic rings. The van der Waals surface area contributed by atoms with Crippen LogP contribution in [-0.2, 0) is 6.18 Å². The van der Waals surface area contributed by atoms with Gasteiger partial charge in [-0.2, -0.15) is 13.2 Å². The lowest BCUT2D eigenvalue weighted by Gasteiger charge is -2.14. The van der Waals surface area contributed by atoms with E-state index in [1.807, 2.05) is 19.1 Å². The molecule has 25 heavy (non-hydrogen) atoms. The number of nitrogens with zero attached hydrogens (tertiary/aromatic N) is 1.